The lowest BCUT2D eigenvalue weighted by atomic mass is 10.0. The number of nitriles is 1. The largest absolute Gasteiger partial charge is 0.377 e. The van der Waals surface area contributed by atoms with Crippen molar-refractivity contribution in [1.82, 2.24) is 0 Å². The van der Waals surface area contributed by atoms with Crippen molar-refractivity contribution in [2.45, 2.75) is 13.8 Å². The summed E-state index contributed by atoms with van der Waals surface area (Å²) in [5.41, 5.74) is 3.99. The molecular formula is C17H16N2O. The van der Waals surface area contributed by atoms with E-state index < -0.39 is 0 Å². The maximum absolute atomic E-state index is 12.2. The second kappa shape index (κ2) is 6.03. The van der Waals surface area contributed by atoms with Crippen LogP contribution in [0.15, 0.2) is 42.5 Å². The number of hydrogen-bond acceptors (Lipinski definition) is 3. The molecule has 0 atom stereocenters. The molecule has 0 spiro atoms. The summed E-state index contributed by atoms with van der Waals surface area (Å²) in [6.45, 7) is 4.08. The average molecular weight is 264 g/mol. The predicted molar refractivity (Wildman–Crippen MR) is 79.9 cm³/mol. The highest BCUT2D eigenvalue weighted by Gasteiger charge is 2.10. The lowest BCUT2D eigenvalue weighted by Crippen LogP contribution is -2.15. The third kappa shape index (κ3) is 3.04. The fourth-order valence-corrected chi connectivity index (χ4v) is 2.04. The zero-order chi connectivity index (χ0) is 14.5. The third-order valence-electron chi connectivity index (χ3n) is 3.18. The molecule has 0 fully saturated rings. The Morgan fingerprint density at radius 1 is 1.20 bits per heavy atom. The van der Waals surface area contributed by atoms with Crippen LogP contribution < -0.4 is 5.32 Å². The molecule has 2 aromatic carbocycles. The van der Waals surface area contributed by atoms with Gasteiger partial charge in [-0.25, -0.2) is 0 Å². The molecule has 0 aromatic heterocycles. The normalized spacial score (nSPS) is 9.85. The summed E-state index contributed by atoms with van der Waals surface area (Å²) < 4.78 is 0. The Bertz CT molecular complexity index is 684. The maximum atomic E-state index is 12.2. The Morgan fingerprint density at radius 3 is 2.70 bits per heavy atom. The Balaban J connectivity index is 2.13. The summed E-state index contributed by atoms with van der Waals surface area (Å²) in [7, 11) is 0. The van der Waals surface area contributed by atoms with E-state index in [1.807, 2.05) is 38.1 Å². The zero-order valence-electron chi connectivity index (χ0n) is 11.6. The predicted octanol–water partition coefficient (Wildman–Crippen LogP) is 3.47. The van der Waals surface area contributed by atoms with Crippen LogP contribution in [-0.4, -0.2) is 12.3 Å². The molecule has 3 nitrogen and oxygen atoms in total. The van der Waals surface area contributed by atoms with Crippen LogP contribution in [0, 0.1) is 25.2 Å². The third-order valence-corrected chi connectivity index (χ3v) is 3.18. The highest BCUT2D eigenvalue weighted by molar-refractivity contribution is 6.00. The monoisotopic (exact) mass is 264 g/mol. The van der Waals surface area contributed by atoms with Gasteiger partial charge in [-0.1, -0.05) is 29.8 Å². The Morgan fingerprint density at radius 2 is 1.95 bits per heavy atom. The molecule has 0 saturated heterocycles. The fourth-order valence-electron chi connectivity index (χ4n) is 2.04. The maximum Gasteiger partial charge on any atom is 0.182 e. The van der Waals surface area contributed by atoms with E-state index in [1.54, 1.807) is 18.2 Å². The number of carbonyl (C=O) groups is 1. The van der Waals surface area contributed by atoms with E-state index in [-0.39, 0.29) is 12.3 Å². The van der Waals surface area contributed by atoms with E-state index in [2.05, 4.69) is 11.4 Å². The highest BCUT2D eigenvalue weighted by atomic mass is 16.1. The van der Waals surface area contributed by atoms with Gasteiger partial charge in [0.25, 0.3) is 0 Å². The van der Waals surface area contributed by atoms with Crippen LogP contribution in [-0.2, 0) is 0 Å². The number of nitrogens with zero attached hydrogens (tertiary/aromatic N) is 1. The van der Waals surface area contributed by atoms with Crippen molar-refractivity contribution in [3.8, 4) is 6.07 Å². The van der Waals surface area contributed by atoms with Crippen molar-refractivity contribution in [3.05, 3.63) is 64.7 Å². The Hall–Kier alpha value is -2.60. The molecule has 0 aliphatic rings. The van der Waals surface area contributed by atoms with Crippen LogP contribution >= 0.6 is 0 Å². The quantitative estimate of drug-likeness (QED) is 0.860. The summed E-state index contributed by atoms with van der Waals surface area (Å²) in [5, 5.41) is 12.0. The number of para-hydroxylation sites is 1. The van der Waals surface area contributed by atoms with Gasteiger partial charge in [0.1, 0.15) is 6.07 Å². The van der Waals surface area contributed by atoms with Gasteiger partial charge in [-0.15, -0.1) is 0 Å². The molecule has 0 bridgehead atoms. The Labute approximate surface area is 118 Å². The van der Waals surface area contributed by atoms with Crippen molar-refractivity contribution < 1.29 is 4.79 Å². The number of benzene rings is 2. The van der Waals surface area contributed by atoms with E-state index in [0.717, 1.165) is 16.7 Å². The molecular weight excluding hydrogens is 248 g/mol. The molecule has 2 rings (SSSR count). The van der Waals surface area contributed by atoms with Crippen LogP contribution in [0.3, 0.4) is 0 Å². The van der Waals surface area contributed by atoms with Crippen molar-refractivity contribution in [2.24, 2.45) is 0 Å². The Kier molecular flexibility index (Phi) is 4.17. The van der Waals surface area contributed by atoms with Gasteiger partial charge in [-0.05, 0) is 37.6 Å². The minimum Gasteiger partial charge on any atom is -0.377 e. The van der Waals surface area contributed by atoms with Crippen molar-refractivity contribution in [2.75, 3.05) is 11.9 Å². The number of anilines is 1. The van der Waals surface area contributed by atoms with Gasteiger partial charge in [0.05, 0.1) is 17.8 Å². The summed E-state index contributed by atoms with van der Waals surface area (Å²) >= 11 is 0. The first-order chi connectivity index (χ1) is 9.61. The molecule has 0 saturated carbocycles. The van der Waals surface area contributed by atoms with Gasteiger partial charge in [0.15, 0.2) is 5.78 Å². The number of nitrogens with one attached hydrogen (secondary N) is 1. The second-order valence-electron chi connectivity index (χ2n) is 4.75. The van der Waals surface area contributed by atoms with Crippen LogP contribution in [0.4, 0.5) is 5.69 Å². The van der Waals surface area contributed by atoms with Crippen LogP contribution in [0.1, 0.15) is 27.0 Å². The van der Waals surface area contributed by atoms with E-state index in [0.29, 0.717) is 11.3 Å². The number of aryl methyl sites for hydroxylation is 2. The van der Waals surface area contributed by atoms with E-state index in [9.17, 15) is 4.79 Å². The van der Waals surface area contributed by atoms with Crippen molar-refractivity contribution >= 4 is 11.5 Å². The summed E-state index contributed by atoms with van der Waals surface area (Å²) in [5.74, 6) is 0.0268. The van der Waals surface area contributed by atoms with Gasteiger partial charge in [0.2, 0.25) is 0 Å². The van der Waals surface area contributed by atoms with Crippen LogP contribution in [0.25, 0.3) is 0 Å². The van der Waals surface area contributed by atoms with E-state index in [4.69, 9.17) is 5.26 Å². The number of ketones is 1. The van der Waals surface area contributed by atoms with E-state index >= 15 is 0 Å². The van der Waals surface area contributed by atoms with Gasteiger partial charge in [-0.3, -0.25) is 4.79 Å². The number of Topliss-reactive ketones (excluding diaryl/α,β-unsaturated/α-hetero) is 1. The van der Waals surface area contributed by atoms with Gasteiger partial charge in [0, 0.05) is 5.56 Å². The van der Waals surface area contributed by atoms with E-state index in [1.165, 1.54) is 0 Å². The van der Waals surface area contributed by atoms with Gasteiger partial charge >= 0.3 is 0 Å². The van der Waals surface area contributed by atoms with Crippen molar-refractivity contribution in [3.63, 3.8) is 0 Å². The van der Waals surface area contributed by atoms with Gasteiger partial charge < -0.3 is 5.32 Å². The van der Waals surface area contributed by atoms with Crippen molar-refractivity contribution in [1.29, 1.82) is 5.26 Å². The molecule has 3 heteroatoms. The molecule has 0 radical (unpaired) electrons. The average Bonchev–Trinajstić information content (AvgIpc) is 2.47. The number of hydrogen-bond donors (Lipinski definition) is 1. The lowest BCUT2D eigenvalue weighted by Gasteiger charge is -2.09. The topological polar surface area (TPSA) is 52.9 Å². The first-order valence-corrected chi connectivity index (χ1v) is 6.45. The first kappa shape index (κ1) is 13.8. The summed E-state index contributed by atoms with van der Waals surface area (Å²) in [4.78, 5) is 12.2. The standard InChI is InChI=1S/C17H16N2O/c1-12-7-8-13(2)15(9-12)17(20)11-19-16-6-4-3-5-14(16)10-18/h3-9,19H,11H2,1-2H3. The summed E-state index contributed by atoms with van der Waals surface area (Å²) in [6.07, 6.45) is 0. The van der Waals surface area contributed by atoms with Crippen LogP contribution in [0.2, 0.25) is 0 Å². The number of rotatable bonds is 4. The molecule has 2 aromatic rings. The molecule has 0 heterocycles. The molecule has 0 aliphatic carbocycles. The SMILES string of the molecule is Cc1ccc(C)c(C(=O)CNc2ccccc2C#N)c1. The molecule has 0 amide bonds. The minimum atomic E-state index is 0.0268. The first-order valence-electron chi connectivity index (χ1n) is 6.45. The molecule has 0 aliphatic heterocycles. The smallest absolute Gasteiger partial charge is 0.182 e. The second-order valence-corrected chi connectivity index (χ2v) is 4.75. The fraction of sp³-hybridized carbons (Fsp3) is 0.176. The lowest BCUT2D eigenvalue weighted by molar-refractivity contribution is 0.101. The van der Waals surface area contributed by atoms with Crippen LogP contribution in [0.5, 0.6) is 0 Å². The molecule has 0 unspecified atom stereocenters. The molecule has 20 heavy (non-hydrogen) atoms. The summed E-state index contributed by atoms with van der Waals surface area (Å²) in [6, 6.07) is 15.1. The molecule has 100 valence electrons. The minimum absolute atomic E-state index is 0.0268. The zero-order valence-corrected chi connectivity index (χ0v) is 11.6. The van der Waals surface area contributed by atoms with Gasteiger partial charge in [-0.2, -0.15) is 5.26 Å². The molecule has 1 N–H and O–H groups in total. The highest BCUT2D eigenvalue weighted by Crippen LogP contribution is 2.15. The number of carbonyl (C=O) groups excluding carboxylic acids is 1.